The van der Waals surface area contributed by atoms with Crippen LogP contribution in [0.25, 0.3) is 0 Å². The number of amides is 2. The summed E-state index contributed by atoms with van der Waals surface area (Å²) < 4.78 is 5.33. The van der Waals surface area contributed by atoms with Crippen LogP contribution in [0.15, 0.2) is 53.6 Å². The van der Waals surface area contributed by atoms with Gasteiger partial charge in [-0.1, -0.05) is 41.9 Å². The second-order valence-electron chi connectivity index (χ2n) is 5.05. The van der Waals surface area contributed by atoms with Gasteiger partial charge < -0.3 is 4.74 Å². The summed E-state index contributed by atoms with van der Waals surface area (Å²) in [5.74, 6) is -0.119. The van der Waals surface area contributed by atoms with Crippen LogP contribution in [0.1, 0.15) is 5.56 Å². The standard InChI is InChI=1S/C17H14ClN3O3/c18-13-6-2-1-5-12(13)9-19-20-16(22)10-21-14-7-3-4-8-15(14)24-11-17(21)23/h1-9H,10-11H2,(H,20,22)/b19-9+. The lowest BCUT2D eigenvalue weighted by atomic mass is 10.2. The average Bonchev–Trinajstić information content (AvgIpc) is 2.59. The van der Waals surface area contributed by atoms with Gasteiger partial charge in [0.1, 0.15) is 12.3 Å². The molecule has 7 heteroatoms. The predicted molar refractivity (Wildman–Crippen MR) is 91.5 cm³/mol. The molecule has 0 aliphatic carbocycles. The Bertz CT molecular complexity index is 807. The van der Waals surface area contributed by atoms with E-state index in [0.717, 1.165) is 0 Å². The minimum atomic E-state index is -0.414. The van der Waals surface area contributed by atoms with Crippen LogP contribution in [0.3, 0.4) is 0 Å². The Kier molecular flexibility index (Phi) is 4.77. The summed E-state index contributed by atoms with van der Waals surface area (Å²) in [7, 11) is 0. The zero-order valence-electron chi connectivity index (χ0n) is 12.6. The summed E-state index contributed by atoms with van der Waals surface area (Å²) in [4.78, 5) is 25.4. The van der Waals surface area contributed by atoms with Crippen molar-refractivity contribution in [2.75, 3.05) is 18.1 Å². The molecule has 1 heterocycles. The maximum Gasteiger partial charge on any atom is 0.265 e. The van der Waals surface area contributed by atoms with Gasteiger partial charge in [0.2, 0.25) is 0 Å². The van der Waals surface area contributed by atoms with Crippen molar-refractivity contribution in [1.29, 1.82) is 0 Å². The number of para-hydroxylation sites is 2. The number of carbonyl (C=O) groups excluding carboxylic acids is 2. The summed E-state index contributed by atoms with van der Waals surface area (Å²) in [5, 5.41) is 4.41. The Morgan fingerprint density at radius 3 is 2.83 bits per heavy atom. The third-order valence-corrected chi connectivity index (χ3v) is 3.75. The number of hydrazone groups is 1. The highest BCUT2D eigenvalue weighted by atomic mass is 35.5. The van der Waals surface area contributed by atoms with Crippen LogP contribution in [-0.4, -0.2) is 31.2 Å². The Balaban J connectivity index is 1.65. The fourth-order valence-electron chi connectivity index (χ4n) is 2.26. The number of anilines is 1. The van der Waals surface area contributed by atoms with Gasteiger partial charge in [0.25, 0.3) is 11.8 Å². The molecule has 0 saturated heterocycles. The number of rotatable bonds is 4. The molecule has 3 rings (SSSR count). The van der Waals surface area contributed by atoms with Crippen molar-refractivity contribution in [3.63, 3.8) is 0 Å². The number of benzene rings is 2. The molecule has 0 radical (unpaired) electrons. The normalized spacial score (nSPS) is 13.5. The topological polar surface area (TPSA) is 71.0 Å². The van der Waals surface area contributed by atoms with Crippen molar-refractivity contribution in [1.82, 2.24) is 5.43 Å². The van der Waals surface area contributed by atoms with E-state index in [1.165, 1.54) is 11.1 Å². The molecule has 122 valence electrons. The van der Waals surface area contributed by atoms with Crippen LogP contribution in [0.5, 0.6) is 5.75 Å². The van der Waals surface area contributed by atoms with Gasteiger partial charge in [0, 0.05) is 10.6 Å². The Morgan fingerprint density at radius 2 is 2.00 bits per heavy atom. The van der Waals surface area contributed by atoms with E-state index in [4.69, 9.17) is 16.3 Å². The van der Waals surface area contributed by atoms with E-state index in [9.17, 15) is 9.59 Å². The van der Waals surface area contributed by atoms with Gasteiger partial charge in [-0.2, -0.15) is 5.10 Å². The van der Waals surface area contributed by atoms with Crippen LogP contribution >= 0.6 is 11.6 Å². The summed E-state index contributed by atoms with van der Waals surface area (Å²) >= 11 is 6.00. The minimum Gasteiger partial charge on any atom is -0.482 e. The molecule has 0 atom stereocenters. The van der Waals surface area contributed by atoms with E-state index < -0.39 is 5.91 Å². The van der Waals surface area contributed by atoms with Crippen molar-refractivity contribution in [3.8, 4) is 5.75 Å². The van der Waals surface area contributed by atoms with Crippen LogP contribution in [0.2, 0.25) is 5.02 Å². The zero-order valence-corrected chi connectivity index (χ0v) is 13.4. The minimum absolute atomic E-state index is 0.0901. The second-order valence-corrected chi connectivity index (χ2v) is 5.46. The molecule has 1 aliphatic rings. The van der Waals surface area contributed by atoms with Crippen molar-refractivity contribution < 1.29 is 14.3 Å². The molecule has 2 amide bonds. The van der Waals surface area contributed by atoms with Gasteiger partial charge >= 0.3 is 0 Å². The number of ether oxygens (including phenoxy) is 1. The first-order chi connectivity index (χ1) is 11.6. The predicted octanol–water partition coefficient (Wildman–Crippen LogP) is 2.22. The van der Waals surface area contributed by atoms with Gasteiger partial charge in [-0.3, -0.25) is 14.5 Å². The number of carbonyl (C=O) groups is 2. The summed E-state index contributed by atoms with van der Waals surface area (Å²) in [5.41, 5.74) is 3.65. The third-order valence-electron chi connectivity index (χ3n) is 3.41. The Morgan fingerprint density at radius 1 is 1.25 bits per heavy atom. The monoisotopic (exact) mass is 343 g/mol. The maximum absolute atomic E-state index is 12.0. The van der Waals surface area contributed by atoms with Crippen molar-refractivity contribution >= 4 is 35.3 Å². The lowest BCUT2D eigenvalue weighted by molar-refractivity contribution is -0.125. The molecule has 0 spiro atoms. The fraction of sp³-hybridized carbons (Fsp3) is 0.118. The number of hydrogen-bond donors (Lipinski definition) is 1. The third kappa shape index (κ3) is 3.55. The summed E-state index contributed by atoms with van der Waals surface area (Å²) in [6.45, 7) is -0.230. The van der Waals surface area contributed by atoms with Crippen LogP contribution in [0, 0.1) is 0 Å². The summed E-state index contributed by atoms with van der Waals surface area (Å²) in [6.07, 6.45) is 1.45. The molecule has 0 saturated carbocycles. The molecule has 0 unspecified atom stereocenters. The van der Waals surface area contributed by atoms with Crippen molar-refractivity contribution in [2.24, 2.45) is 5.10 Å². The number of fused-ring (bicyclic) bond motifs is 1. The van der Waals surface area contributed by atoms with E-state index in [1.54, 1.807) is 42.5 Å². The highest BCUT2D eigenvalue weighted by molar-refractivity contribution is 6.33. The van der Waals surface area contributed by atoms with Gasteiger partial charge in [-0.15, -0.1) is 0 Å². The fourth-order valence-corrected chi connectivity index (χ4v) is 2.44. The Hall–Kier alpha value is -2.86. The van der Waals surface area contributed by atoms with Gasteiger partial charge in [-0.05, 0) is 18.2 Å². The van der Waals surface area contributed by atoms with Crippen LogP contribution in [0.4, 0.5) is 5.69 Å². The molecule has 0 aromatic heterocycles. The van der Waals surface area contributed by atoms with Crippen LogP contribution < -0.4 is 15.1 Å². The molecule has 6 nitrogen and oxygen atoms in total. The SMILES string of the molecule is O=C(CN1C(=O)COc2ccccc21)N/N=C/c1ccccc1Cl. The van der Waals surface area contributed by atoms with E-state index in [1.807, 2.05) is 6.07 Å². The van der Waals surface area contributed by atoms with E-state index in [-0.39, 0.29) is 19.1 Å². The first-order valence-corrected chi connectivity index (χ1v) is 7.61. The zero-order chi connectivity index (χ0) is 16.9. The molecule has 1 N–H and O–H groups in total. The van der Waals surface area contributed by atoms with Gasteiger partial charge in [-0.25, -0.2) is 5.43 Å². The second kappa shape index (κ2) is 7.14. The number of hydrogen-bond acceptors (Lipinski definition) is 4. The van der Waals surface area contributed by atoms with Gasteiger partial charge in [0.05, 0.1) is 11.9 Å². The quantitative estimate of drug-likeness (QED) is 0.683. The lowest BCUT2D eigenvalue weighted by Gasteiger charge is -2.28. The molecule has 2 aromatic rings. The smallest absolute Gasteiger partial charge is 0.265 e. The number of nitrogens with one attached hydrogen (secondary N) is 1. The number of nitrogens with zero attached hydrogens (tertiary/aromatic N) is 2. The lowest BCUT2D eigenvalue weighted by Crippen LogP contribution is -2.44. The highest BCUT2D eigenvalue weighted by Gasteiger charge is 2.26. The molecular weight excluding hydrogens is 330 g/mol. The Labute approximate surface area is 143 Å². The van der Waals surface area contributed by atoms with Gasteiger partial charge in [0.15, 0.2) is 6.61 Å². The first kappa shape index (κ1) is 16.0. The van der Waals surface area contributed by atoms with Crippen molar-refractivity contribution in [3.05, 3.63) is 59.1 Å². The molecule has 0 fully saturated rings. The van der Waals surface area contributed by atoms with E-state index in [0.29, 0.717) is 22.0 Å². The van der Waals surface area contributed by atoms with Crippen molar-refractivity contribution in [2.45, 2.75) is 0 Å². The molecule has 1 aliphatic heterocycles. The molecule has 0 bridgehead atoms. The van der Waals surface area contributed by atoms with E-state index in [2.05, 4.69) is 10.5 Å². The largest absolute Gasteiger partial charge is 0.482 e. The van der Waals surface area contributed by atoms with E-state index >= 15 is 0 Å². The molecular formula is C17H14ClN3O3. The molecule has 2 aromatic carbocycles. The van der Waals surface area contributed by atoms with Crippen LogP contribution in [-0.2, 0) is 9.59 Å². The average molecular weight is 344 g/mol. The highest BCUT2D eigenvalue weighted by Crippen LogP contribution is 2.31. The summed E-state index contributed by atoms with van der Waals surface area (Å²) in [6, 6.07) is 14.2. The first-order valence-electron chi connectivity index (χ1n) is 7.24. The maximum atomic E-state index is 12.0. The number of halogens is 1. The molecule has 24 heavy (non-hydrogen) atoms.